The Kier molecular flexibility index (Phi) is 5.96. The molecule has 0 aliphatic carbocycles. The van der Waals surface area contributed by atoms with Gasteiger partial charge in [0.15, 0.2) is 4.96 Å². The number of carbonyl (C=O) groups excluding carboxylic acids is 1. The third-order valence-electron chi connectivity index (χ3n) is 4.26. The van der Waals surface area contributed by atoms with Crippen LogP contribution in [0.2, 0.25) is 5.02 Å². The molecule has 0 saturated heterocycles. The summed E-state index contributed by atoms with van der Waals surface area (Å²) in [5.41, 5.74) is -0.000735. The van der Waals surface area contributed by atoms with E-state index in [1.165, 1.54) is 46.1 Å². The van der Waals surface area contributed by atoms with Gasteiger partial charge in [-0.1, -0.05) is 11.6 Å². The van der Waals surface area contributed by atoms with E-state index in [9.17, 15) is 22.4 Å². The molecule has 164 valence electrons. The van der Waals surface area contributed by atoms with Gasteiger partial charge in [-0.25, -0.2) is 22.6 Å². The number of hydrogen-bond donors (Lipinski definition) is 1. The molecule has 2 aromatic carbocycles. The fourth-order valence-electron chi connectivity index (χ4n) is 2.75. The van der Waals surface area contributed by atoms with Crippen LogP contribution in [0.3, 0.4) is 0 Å². The average Bonchev–Trinajstić information content (AvgIpc) is 3.23. The van der Waals surface area contributed by atoms with Gasteiger partial charge in [0.1, 0.15) is 17.3 Å². The predicted octanol–water partition coefficient (Wildman–Crippen LogP) is 3.71. The highest BCUT2D eigenvalue weighted by Gasteiger charge is 2.21. The second-order valence-corrected chi connectivity index (χ2v) is 9.41. The summed E-state index contributed by atoms with van der Waals surface area (Å²) in [6, 6.07) is 9.57. The van der Waals surface area contributed by atoms with E-state index in [0.29, 0.717) is 4.96 Å². The summed E-state index contributed by atoms with van der Waals surface area (Å²) < 4.78 is 47.3. The van der Waals surface area contributed by atoms with E-state index in [4.69, 9.17) is 16.3 Å². The van der Waals surface area contributed by atoms with Gasteiger partial charge in [-0.3, -0.25) is 13.9 Å². The highest BCUT2D eigenvalue weighted by molar-refractivity contribution is 7.92. The van der Waals surface area contributed by atoms with Crippen LogP contribution in [0.1, 0.15) is 16.1 Å². The number of hydrogen-bond acceptors (Lipinski definition) is 7. The van der Waals surface area contributed by atoms with Crippen molar-refractivity contribution in [2.45, 2.75) is 11.5 Å². The monoisotopic (exact) mass is 493 g/mol. The predicted molar refractivity (Wildman–Crippen MR) is 117 cm³/mol. The molecule has 0 amide bonds. The van der Waals surface area contributed by atoms with E-state index < -0.39 is 21.8 Å². The van der Waals surface area contributed by atoms with Gasteiger partial charge < -0.3 is 4.74 Å². The Morgan fingerprint density at radius 3 is 2.69 bits per heavy atom. The van der Waals surface area contributed by atoms with Crippen LogP contribution < -0.4 is 10.3 Å². The van der Waals surface area contributed by atoms with Crippen LogP contribution >= 0.6 is 22.9 Å². The van der Waals surface area contributed by atoms with Crippen molar-refractivity contribution in [2.75, 3.05) is 4.72 Å². The molecule has 0 aliphatic heterocycles. The molecule has 0 saturated carbocycles. The minimum absolute atomic E-state index is 0.0668. The second kappa shape index (κ2) is 8.69. The molecule has 0 fully saturated rings. The van der Waals surface area contributed by atoms with Gasteiger partial charge in [-0.15, -0.1) is 11.3 Å². The molecule has 2 heterocycles. The number of sulfonamides is 1. The van der Waals surface area contributed by atoms with Crippen molar-refractivity contribution in [1.29, 1.82) is 0 Å². The molecule has 2 aromatic heterocycles. The van der Waals surface area contributed by atoms with Crippen LogP contribution in [0.4, 0.5) is 10.1 Å². The summed E-state index contributed by atoms with van der Waals surface area (Å²) in [5.74, 6) is -1.35. The van der Waals surface area contributed by atoms with E-state index in [2.05, 4.69) is 9.71 Å². The first kappa shape index (κ1) is 21.9. The Morgan fingerprint density at radius 1 is 1.19 bits per heavy atom. The van der Waals surface area contributed by atoms with Crippen LogP contribution in [-0.4, -0.2) is 23.8 Å². The minimum atomic E-state index is -4.17. The Hall–Kier alpha value is -3.28. The molecule has 8 nitrogen and oxygen atoms in total. The zero-order valence-corrected chi connectivity index (χ0v) is 18.4. The number of nitrogens with one attached hydrogen (secondary N) is 1. The van der Waals surface area contributed by atoms with Crippen molar-refractivity contribution in [3.63, 3.8) is 0 Å². The van der Waals surface area contributed by atoms with Gasteiger partial charge in [-0.05, 0) is 42.5 Å². The van der Waals surface area contributed by atoms with Crippen LogP contribution in [0.15, 0.2) is 69.8 Å². The smallest absolute Gasteiger partial charge is 0.338 e. The molecule has 0 radical (unpaired) electrons. The van der Waals surface area contributed by atoms with Gasteiger partial charge in [0.25, 0.3) is 15.6 Å². The van der Waals surface area contributed by atoms with E-state index >= 15 is 0 Å². The number of carbonyl (C=O) groups is 1. The van der Waals surface area contributed by atoms with Gasteiger partial charge in [0, 0.05) is 23.3 Å². The molecular weight excluding hydrogens is 481 g/mol. The van der Waals surface area contributed by atoms with Gasteiger partial charge in [0.2, 0.25) is 0 Å². The van der Waals surface area contributed by atoms with Gasteiger partial charge in [-0.2, -0.15) is 0 Å². The number of rotatable bonds is 6. The topological polar surface area (TPSA) is 107 Å². The fourth-order valence-corrected chi connectivity index (χ4v) is 5.07. The number of nitrogens with zero attached hydrogens (tertiary/aromatic N) is 2. The number of esters is 1. The lowest BCUT2D eigenvalue weighted by Gasteiger charge is -2.11. The number of fused-ring (bicyclic) bond motifs is 1. The standard InChI is InChI=1S/C20H13ClFN3O5S2/c21-16-6-1-12(9-17(16)32(28,29)24-14-4-2-13(22)3-5-14)19(27)30-11-15-10-18(26)25-7-8-31-20(25)23-15/h1-10,24H,11H2. The van der Waals surface area contributed by atoms with Crippen LogP contribution in [-0.2, 0) is 21.4 Å². The highest BCUT2D eigenvalue weighted by Crippen LogP contribution is 2.25. The Balaban J connectivity index is 1.53. The zero-order valence-electron chi connectivity index (χ0n) is 16.0. The van der Waals surface area contributed by atoms with Crippen LogP contribution in [0.5, 0.6) is 0 Å². The quantitative estimate of drug-likeness (QED) is 0.410. The van der Waals surface area contributed by atoms with E-state index in [1.807, 2.05) is 0 Å². The Labute approximate surface area is 189 Å². The molecular formula is C20H13ClFN3O5S2. The van der Waals surface area contributed by atoms with E-state index in [0.717, 1.165) is 18.2 Å². The van der Waals surface area contributed by atoms with Crippen LogP contribution in [0, 0.1) is 5.82 Å². The summed E-state index contributed by atoms with van der Waals surface area (Å²) in [5, 5.41) is 1.59. The summed E-state index contributed by atoms with van der Waals surface area (Å²) in [4.78, 5) is 28.8. The molecule has 12 heteroatoms. The van der Waals surface area contributed by atoms with Crippen molar-refractivity contribution in [2.24, 2.45) is 0 Å². The molecule has 0 bridgehead atoms. The first-order valence-electron chi connectivity index (χ1n) is 8.94. The Bertz CT molecular complexity index is 1480. The van der Waals surface area contributed by atoms with E-state index in [-0.39, 0.29) is 39.0 Å². The SMILES string of the molecule is O=C(OCc1cc(=O)n2ccsc2n1)c1ccc(Cl)c(S(=O)(=O)Nc2ccc(F)cc2)c1. The lowest BCUT2D eigenvalue weighted by Crippen LogP contribution is -2.16. The number of ether oxygens (including phenoxy) is 1. The summed E-state index contributed by atoms with van der Waals surface area (Å²) in [6.07, 6.45) is 1.58. The van der Waals surface area contributed by atoms with Gasteiger partial charge in [0.05, 0.1) is 16.3 Å². The van der Waals surface area contributed by atoms with E-state index in [1.54, 1.807) is 11.6 Å². The molecule has 4 rings (SSSR count). The highest BCUT2D eigenvalue weighted by atomic mass is 35.5. The third kappa shape index (κ3) is 4.64. The number of benzene rings is 2. The second-order valence-electron chi connectivity index (χ2n) is 6.48. The maximum atomic E-state index is 13.1. The lowest BCUT2D eigenvalue weighted by molar-refractivity contribution is 0.0467. The number of halogens is 2. The van der Waals surface area contributed by atoms with Crippen molar-refractivity contribution in [1.82, 2.24) is 9.38 Å². The molecule has 0 unspecified atom stereocenters. The first-order valence-corrected chi connectivity index (χ1v) is 11.7. The maximum Gasteiger partial charge on any atom is 0.338 e. The third-order valence-corrected chi connectivity index (χ3v) is 6.88. The number of aromatic nitrogens is 2. The molecule has 32 heavy (non-hydrogen) atoms. The largest absolute Gasteiger partial charge is 0.456 e. The van der Waals surface area contributed by atoms with Gasteiger partial charge >= 0.3 is 5.97 Å². The summed E-state index contributed by atoms with van der Waals surface area (Å²) >= 11 is 7.29. The molecule has 0 atom stereocenters. The number of thiazole rings is 1. The summed E-state index contributed by atoms with van der Waals surface area (Å²) in [6.45, 7) is -0.277. The van der Waals surface area contributed by atoms with Crippen molar-refractivity contribution in [3.8, 4) is 0 Å². The fraction of sp³-hybridized carbons (Fsp3) is 0.0500. The Morgan fingerprint density at radius 2 is 1.94 bits per heavy atom. The van der Waals surface area contributed by atoms with Crippen molar-refractivity contribution < 1.29 is 22.3 Å². The number of anilines is 1. The lowest BCUT2D eigenvalue weighted by atomic mass is 10.2. The maximum absolute atomic E-state index is 13.1. The zero-order chi connectivity index (χ0) is 22.9. The average molecular weight is 494 g/mol. The molecule has 0 spiro atoms. The van der Waals surface area contributed by atoms with Crippen molar-refractivity contribution >= 4 is 49.6 Å². The molecule has 0 aliphatic rings. The summed E-state index contributed by atoms with van der Waals surface area (Å²) in [7, 11) is -4.17. The first-order chi connectivity index (χ1) is 15.2. The molecule has 1 N–H and O–H groups in total. The minimum Gasteiger partial charge on any atom is -0.456 e. The normalized spacial score (nSPS) is 11.4. The van der Waals surface area contributed by atoms with Crippen LogP contribution in [0.25, 0.3) is 4.96 Å². The molecule has 4 aromatic rings. The van der Waals surface area contributed by atoms with Crippen molar-refractivity contribution in [3.05, 3.63) is 92.6 Å².